The lowest BCUT2D eigenvalue weighted by molar-refractivity contribution is 0.0696. The van der Waals surface area contributed by atoms with Crippen LogP contribution in [0.5, 0.6) is 11.6 Å². The predicted molar refractivity (Wildman–Crippen MR) is 82.9 cm³/mol. The lowest BCUT2D eigenvalue weighted by atomic mass is 10.1. The van der Waals surface area contributed by atoms with Gasteiger partial charge in [-0.25, -0.2) is 9.78 Å². The van der Waals surface area contributed by atoms with Gasteiger partial charge in [0, 0.05) is 12.3 Å². The highest BCUT2D eigenvalue weighted by Gasteiger charge is 2.10. The minimum absolute atomic E-state index is 0.136. The molecule has 0 amide bonds. The Labute approximate surface area is 129 Å². The van der Waals surface area contributed by atoms with Crippen LogP contribution in [0.15, 0.2) is 59.2 Å². The topological polar surface area (TPSA) is 59.4 Å². The standard InChI is InChI=1S/C16H10BrNO3/c17-15-12-4-2-1-3-10(12)5-6-13(15)21-14-9-11(16(19)20)7-8-18-14/h1-9H,(H,19,20). The van der Waals surface area contributed by atoms with E-state index >= 15 is 0 Å². The Kier molecular flexibility index (Phi) is 3.58. The van der Waals surface area contributed by atoms with Crippen molar-refractivity contribution in [3.05, 3.63) is 64.8 Å². The molecule has 0 unspecified atom stereocenters. The van der Waals surface area contributed by atoms with E-state index in [9.17, 15) is 4.79 Å². The molecule has 1 heterocycles. The van der Waals surface area contributed by atoms with Gasteiger partial charge in [0.15, 0.2) is 0 Å². The molecule has 0 aliphatic carbocycles. The first-order valence-electron chi connectivity index (χ1n) is 6.19. The SMILES string of the molecule is O=C(O)c1ccnc(Oc2ccc3ccccc3c2Br)c1. The van der Waals surface area contributed by atoms with E-state index in [1.807, 2.05) is 36.4 Å². The molecule has 0 atom stereocenters. The number of aromatic nitrogens is 1. The van der Waals surface area contributed by atoms with Gasteiger partial charge in [-0.15, -0.1) is 0 Å². The molecule has 0 saturated heterocycles. The quantitative estimate of drug-likeness (QED) is 0.761. The molecule has 0 bridgehead atoms. The van der Waals surface area contributed by atoms with E-state index in [0.29, 0.717) is 5.75 Å². The fraction of sp³-hybridized carbons (Fsp3) is 0. The maximum absolute atomic E-state index is 11.0. The maximum Gasteiger partial charge on any atom is 0.335 e. The van der Waals surface area contributed by atoms with Crippen LogP contribution in [-0.4, -0.2) is 16.1 Å². The van der Waals surface area contributed by atoms with Gasteiger partial charge in [0.05, 0.1) is 10.0 Å². The van der Waals surface area contributed by atoms with Crippen molar-refractivity contribution < 1.29 is 14.6 Å². The highest BCUT2D eigenvalue weighted by Crippen LogP contribution is 2.35. The normalized spacial score (nSPS) is 10.5. The summed E-state index contributed by atoms with van der Waals surface area (Å²) in [4.78, 5) is 15.0. The number of carboxylic acids is 1. The molecule has 4 nitrogen and oxygen atoms in total. The van der Waals surface area contributed by atoms with Gasteiger partial charge in [-0.1, -0.05) is 30.3 Å². The highest BCUT2D eigenvalue weighted by molar-refractivity contribution is 9.10. The Balaban J connectivity index is 2.00. The first-order chi connectivity index (χ1) is 10.1. The van der Waals surface area contributed by atoms with Crippen molar-refractivity contribution in [3.8, 4) is 11.6 Å². The first kappa shape index (κ1) is 13.6. The van der Waals surface area contributed by atoms with Gasteiger partial charge in [0.25, 0.3) is 0 Å². The second-order valence-corrected chi connectivity index (χ2v) is 5.18. The molecule has 1 N–H and O–H groups in total. The van der Waals surface area contributed by atoms with Crippen LogP contribution in [0.2, 0.25) is 0 Å². The van der Waals surface area contributed by atoms with Gasteiger partial charge >= 0.3 is 5.97 Å². The van der Waals surface area contributed by atoms with Crippen molar-refractivity contribution in [2.75, 3.05) is 0 Å². The Hall–Kier alpha value is -2.40. The summed E-state index contributed by atoms with van der Waals surface area (Å²) in [7, 11) is 0. The number of benzene rings is 2. The van der Waals surface area contributed by atoms with Gasteiger partial charge in [-0.3, -0.25) is 0 Å². The van der Waals surface area contributed by atoms with Crippen LogP contribution in [0, 0.1) is 0 Å². The second-order valence-electron chi connectivity index (χ2n) is 4.39. The van der Waals surface area contributed by atoms with E-state index in [0.717, 1.165) is 15.2 Å². The average Bonchev–Trinajstić information content (AvgIpc) is 2.51. The Bertz CT molecular complexity index is 833. The zero-order valence-corrected chi connectivity index (χ0v) is 12.4. The number of carbonyl (C=O) groups is 1. The molecule has 21 heavy (non-hydrogen) atoms. The van der Waals surface area contributed by atoms with Gasteiger partial charge in [0.1, 0.15) is 5.75 Å². The van der Waals surface area contributed by atoms with Crippen LogP contribution in [-0.2, 0) is 0 Å². The molecular weight excluding hydrogens is 334 g/mol. The molecule has 0 aliphatic rings. The summed E-state index contributed by atoms with van der Waals surface area (Å²) in [5, 5.41) is 11.1. The monoisotopic (exact) mass is 343 g/mol. The van der Waals surface area contributed by atoms with Crippen molar-refractivity contribution in [2.24, 2.45) is 0 Å². The van der Waals surface area contributed by atoms with E-state index in [-0.39, 0.29) is 11.4 Å². The molecule has 3 aromatic rings. The van der Waals surface area contributed by atoms with E-state index < -0.39 is 5.97 Å². The number of ether oxygens (including phenoxy) is 1. The molecule has 0 fully saturated rings. The van der Waals surface area contributed by atoms with E-state index in [2.05, 4.69) is 20.9 Å². The van der Waals surface area contributed by atoms with E-state index in [1.165, 1.54) is 18.3 Å². The Morgan fingerprint density at radius 1 is 1.14 bits per heavy atom. The number of nitrogens with zero attached hydrogens (tertiary/aromatic N) is 1. The van der Waals surface area contributed by atoms with Crippen LogP contribution in [0.25, 0.3) is 10.8 Å². The summed E-state index contributed by atoms with van der Waals surface area (Å²) < 4.78 is 6.50. The number of pyridine rings is 1. The molecule has 0 radical (unpaired) electrons. The minimum Gasteiger partial charge on any atom is -0.478 e. The highest BCUT2D eigenvalue weighted by atomic mass is 79.9. The Morgan fingerprint density at radius 2 is 1.95 bits per heavy atom. The molecule has 5 heteroatoms. The number of fused-ring (bicyclic) bond motifs is 1. The van der Waals surface area contributed by atoms with Crippen LogP contribution in [0.1, 0.15) is 10.4 Å². The first-order valence-corrected chi connectivity index (χ1v) is 6.99. The van der Waals surface area contributed by atoms with Crippen LogP contribution in [0.4, 0.5) is 0 Å². The molecule has 0 spiro atoms. The summed E-state index contributed by atoms with van der Waals surface area (Å²) in [5.41, 5.74) is 0.136. The molecular formula is C16H10BrNO3. The summed E-state index contributed by atoms with van der Waals surface area (Å²) in [6.45, 7) is 0. The van der Waals surface area contributed by atoms with E-state index in [4.69, 9.17) is 9.84 Å². The molecule has 104 valence electrons. The van der Waals surface area contributed by atoms with Gasteiger partial charge in [-0.05, 0) is 38.8 Å². The summed E-state index contributed by atoms with van der Waals surface area (Å²) in [6.07, 6.45) is 1.41. The smallest absolute Gasteiger partial charge is 0.335 e. The number of hydrogen-bond donors (Lipinski definition) is 1. The number of rotatable bonds is 3. The van der Waals surface area contributed by atoms with E-state index in [1.54, 1.807) is 0 Å². The lowest BCUT2D eigenvalue weighted by Gasteiger charge is -2.09. The maximum atomic E-state index is 11.0. The lowest BCUT2D eigenvalue weighted by Crippen LogP contribution is -1.97. The fourth-order valence-corrected chi connectivity index (χ4v) is 2.58. The third-order valence-corrected chi connectivity index (χ3v) is 3.84. The molecule has 2 aromatic carbocycles. The van der Waals surface area contributed by atoms with Crippen LogP contribution >= 0.6 is 15.9 Å². The zero-order chi connectivity index (χ0) is 14.8. The van der Waals surface area contributed by atoms with Gasteiger partial charge in [0.2, 0.25) is 5.88 Å². The molecule has 3 rings (SSSR count). The van der Waals surface area contributed by atoms with Gasteiger partial charge < -0.3 is 9.84 Å². The van der Waals surface area contributed by atoms with Crippen molar-refractivity contribution >= 4 is 32.7 Å². The molecule has 0 saturated carbocycles. The molecule has 1 aromatic heterocycles. The van der Waals surface area contributed by atoms with Crippen LogP contribution in [0.3, 0.4) is 0 Å². The Morgan fingerprint density at radius 3 is 2.76 bits per heavy atom. The van der Waals surface area contributed by atoms with Crippen molar-refractivity contribution in [1.29, 1.82) is 0 Å². The minimum atomic E-state index is -1.01. The number of aromatic carboxylic acids is 1. The summed E-state index contributed by atoms with van der Waals surface area (Å²) in [5.74, 6) is -0.186. The third kappa shape index (κ3) is 2.73. The molecule has 0 aliphatic heterocycles. The zero-order valence-electron chi connectivity index (χ0n) is 10.8. The third-order valence-electron chi connectivity index (χ3n) is 3.02. The fourth-order valence-electron chi connectivity index (χ4n) is 2.00. The number of halogens is 1. The average molecular weight is 344 g/mol. The number of hydrogen-bond acceptors (Lipinski definition) is 3. The summed E-state index contributed by atoms with van der Waals surface area (Å²) in [6, 6.07) is 14.5. The predicted octanol–water partition coefficient (Wildman–Crippen LogP) is 4.49. The summed E-state index contributed by atoms with van der Waals surface area (Å²) >= 11 is 3.52. The van der Waals surface area contributed by atoms with Crippen molar-refractivity contribution in [2.45, 2.75) is 0 Å². The number of carboxylic acid groups (broad SMARTS) is 1. The largest absolute Gasteiger partial charge is 0.478 e. The van der Waals surface area contributed by atoms with Crippen molar-refractivity contribution in [1.82, 2.24) is 4.98 Å². The second kappa shape index (κ2) is 5.54. The van der Waals surface area contributed by atoms with Gasteiger partial charge in [-0.2, -0.15) is 0 Å². The van der Waals surface area contributed by atoms with Crippen molar-refractivity contribution in [3.63, 3.8) is 0 Å². The van der Waals surface area contributed by atoms with Crippen LogP contribution < -0.4 is 4.74 Å².